The zero-order valence-corrected chi connectivity index (χ0v) is 13.5. The Hall–Kier alpha value is -1.39. The minimum Gasteiger partial charge on any atom is -0.349 e. The molecule has 1 heterocycles. The van der Waals surface area contributed by atoms with E-state index in [2.05, 4.69) is 36.5 Å². The lowest BCUT2D eigenvalue weighted by atomic mass is 9.80. The van der Waals surface area contributed by atoms with E-state index >= 15 is 0 Å². The number of hydrogen-bond acceptors (Lipinski definition) is 3. The van der Waals surface area contributed by atoms with E-state index in [1.54, 1.807) is 7.11 Å². The highest BCUT2D eigenvalue weighted by molar-refractivity contribution is 5.79. The SMILES string of the molecule is CON1CCC(C(=O)NC2c3ccccc3CCC2C)CC1. The zero-order valence-electron chi connectivity index (χ0n) is 13.5. The smallest absolute Gasteiger partial charge is 0.223 e. The summed E-state index contributed by atoms with van der Waals surface area (Å²) in [5.74, 6) is 0.829. The average molecular weight is 302 g/mol. The lowest BCUT2D eigenvalue weighted by molar-refractivity contribution is -0.154. The molecule has 1 aromatic rings. The molecular weight excluding hydrogens is 276 g/mol. The van der Waals surface area contributed by atoms with Crippen LogP contribution < -0.4 is 5.32 Å². The maximum atomic E-state index is 12.6. The molecule has 4 heteroatoms. The predicted molar refractivity (Wildman–Crippen MR) is 86.1 cm³/mol. The normalized spacial score (nSPS) is 26.5. The molecule has 1 aliphatic heterocycles. The number of hydroxylamine groups is 2. The largest absolute Gasteiger partial charge is 0.349 e. The van der Waals surface area contributed by atoms with Crippen LogP contribution in [-0.4, -0.2) is 31.2 Å². The summed E-state index contributed by atoms with van der Waals surface area (Å²) < 4.78 is 0. The summed E-state index contributed by atoms with van der Waals surface area (Å²) in [7, 11) is 1.70. The molecule has 0 radical (unpaired) electrons. The number of nitrogens with zero attached hydrogens (tertiary/aromatic N) is 1. The standard InChI is InChI=1S/C18H26N2O2/c1-13-7-8-14-5-3-4-6-16(14)17(13)19-18(21)15-9-11-20(22-2)12-10-15/h3-6,13,15,17H,7-12H2,1-2H3,(H,19,21). The molecule has 2 unspecified atom stereocenters. The molecule has 22 heavy (non-hydrogen) atoms. The van der Waals surface area contributed by atoms with Crippen LogP contribution in [0.2, 0.25) is 0 Å². The Morgan fingerprint density at radius 1 is 1.23 bits per heavy atom. The van der Waals surface area contributed by atoms with E-state index in [-0.39, 0.29) is 17.9 Å². The molecule has 2 aliphatic rings. The van der Waals surface area contributed by atoms with E-state index in [1.807, 2.05) is 5.06 Å². The second kappa shape index (κ2) is 6.80. The first-order chi connectivity index (χ1) is 10.7. The van der Waals surface area contributed by atoms with Crippen LogP contribution >= 0.6 is 0 Å². The van der Waals surface area contributed by atoms with Crippen molar-refractivity contribution in [2.24, 2.45) is 11.8 Å². The molecule has 1 N–H and O–H groups in total. The number of nitrogens with one attached hydrogen (secondary N) is 1. The Morgan fingerprint density at radius 3 is 2.68 bits per heavy atom. The highest BCUT2D eigenvalue weighted by Gasteiger charge is 2.31. The minimum absolute atomic E-state index is 0.118. The number of piperidine rings is 1. The quantitative estimate of drug-likeness (QED) is 0.933. The monoisotopic (exact) mass is 302 g/mol. The second-order valence-corrected chi connectivity index (χ2v) is 6.59. The number of benzene rings is 1. The van der Waals surface area contributed by atoms with Gasteiger partial charge in [0, 0.05) is 19.0 Å². The van der Waals surface area contributed by atoms with E-state index < -0.39 is 0 Å². The van der Waals surface area contributed by atoms with E-state index in [0.717, 1.165) is 38.8 Å². The van der Waals surface area contributed by atoms with Crippen LogP contribution in [0.5, 0.6) is 0 Å². The molecule has 0 spiro atoms. The number of hydrogen-bond donors (Lipinski definition) is 1. The fraction of sp³-hybridized carbons (Fsp3) is 0.611. The van der Waals surface area contributed by atoms with Crippen LogP contribution in [0.25, 0.3) is 0 Å². The third-order valence-corrected chi connectivity index (χ3v) is 5.21. The van der Waals surface area contributed by atoms with Crippen molar-refractivity contribution in [3.05, 3.63) is 35.4 Å². The molecule has 0 saturated carbocycles. The van der Waals surface area contributed by atoms with Crippen molar-refractivity contribution in [3.63, 3.8) is 0 Å². The molecular formula is C18H26N2O2. The third kappa shape index (κ3) is 3.18. The van der Waals surface area contributed by atoms with E-state index in [1.165, 1.54) is 11.1 Å². The number of rotatable bonds is 3. The minimum atomic E-state index is 0.118. The summed E-state index contributed by atoms with van der Waals surface area (Å²) in [6, 6.07) is 8.69. The number of carbonyl (C=O) groups excluding carboxylic acids is 1. The Labute approximate surface area is 132 Å². The van der Waals surface area contributed by atoms with Gasteiger partial charge in [0.25, 0.3) is 0 Å². The maximum Gasteiger partial charge on any atom is 0.223 e. The highest BCUT2D eigenvalue weighted by Crippen LogP contribution is 2.34. The molecule has 1 amide bonds. The summed E-state index contributed by atoms with van der Waals surface area (Å²) >= 11 is 0. The first kappa shape index (κ1) is 15.5. The molecule has 4 nitrogen and oxygen atoms in total. The first-order valence-electron chi connectivity index (χ1n) is 8.36. The van der Waals surface area contributed by atoms with Crippen molar-refractivity contribution in [2.45, 2.75) is 38.6 Å². The summed E-state index contributed by atoms with van der Waals surface area (Å²) in [5.41, 5.74) is 2.70. The lowest BCUT2D eigenvalue weighted by Crippen LogP contribution is -2.43. The van der Waals surface area contributed by atoms with Crippen LogP contribution in [0.1, 0.15) is 43.4 Å². The number of fused-ring (bicyclic) bond motifs is 1. The van der Waals surface area contributed by atoms with Gasteiger partial charge in [0.1, 0.15) is 0 Å². The molecule has 3 rings (SSSR count). The van der Waals surface area contributed by atoms with Gasteiger partial charge in [-0.15, -0.1) is 0 Å². The van der Waals surface area contributed by atoms with E-state index in [9.17, 15) is 4.79 Å². The van der Waals surface area contributed by atoms with Crippen LogP contribution in [0.4, 0.5) is 0 Å². The average Bonchev–Trinajstić information content (AvgIpc) is 2.57. The number of amides is 1. The second-order valence-electron chi connectivity index (χ2n) is 6.59. The summed E-state index contributed by atoms with van der Waals surface area (Å²) in [6.45, 7) is 3.92. The molecule has 2 atom stereocenters. The Bertz CT molecular complexity index is 524. The van der Waals surface area contributed by atoms with Crippen molar-refractivity contribution in [1.82, 2.24) is 10.4 Å². The fourth-order valence-corrected chi connectivity index (χ4v) is 3.71. The van der Waals surface area contributed by atoms with Gasteiger partial charge in [0.2, 0.25) is 5.91 Å². The Morgan fingerprint density at radius 2 is 1.95 bits per heavy atom. The van der Waals surface area contributed by atoms with Crippen molar-refractivity contribution in [1.29, 1.82) is 0 Å². The van der Waals surface area contributed by atoms with Crippen molar-refractivity contribution < 1.29 is 9.63 Å². The molecule has 0 aromatic heterocycles. The summed E-state index contributed by atoms with van der Waals surface area (Å²) in [6.07, 6.45) is 4.02. The Balaban J connectivity index is 1.66. The van der Waals surface area contributed by atoms with Gasteiger partial charge in [0.05, 0.1) is 13.2 Å². The zero-order chi connectivity index (χ0) is 15.5. The molecule has 1 fully saturated rings. The van der Waals surface area contributed by atoms with Gasteiger partial charge in [-0.05, 0) is 42.7 Å². The van der Waals surface area contributed by atoms with Crippen molar-refractivity contribution in [2.75, 3.05) is 20.2 Å². The van der Waals surface area contributed by atoms with E-state index in [0.29, 0.717) is 5.92 Å². The topological polar surface area (TPSA) is 41.6 Å². The Kier molecular flexibility index (Phi) is 4.79. The van der Waals surface area contributed by atoms with Crippen molar-refractivity contribution >= 4 is 5.91 Å². The fourth-order valence-electron chi connectivity index (χ4n) is 3.71. The summed E-state index contributed by atoms with van der Waals surface area (Å²) in [4.78, 5) is 17.9. The lowest BCUT2D eigenvalue weighted by Gasteiger charge is -2.35. The van der Waals surface area contributed by atoms with Gasteiger partial charge in [-0.2, -0.15) is 5.06 Å². The van der Waals surface area contributed by atoms with Crippen LogP contribution in [0, 0.1) is 11.8 Å². The van der Waals surface area contributed by atoms with Gasteiger partial charge in [-0.1, -0.05) is 31.2 Å². The van der Waals surface area contributed by atoms with Gasteiger partial charge in [-0.3, -0.25) is 4.79 Å². The third-order valence-electron chi connectivity index (χ3n) is 5.21. The molecule has 120 valence electrons. The van der Waals surface area contributed by atoms with Crippen LogP contribution in [-0.2, 0) is 16.1 Å². The number of carbonyl (C=O) groups is 1. The van der Waals surface area contributed by atoms with Gasteiger partial charge in [-0.25, -0.2) is 0 Å². The number of aryl methyl sites for hydroxylation is 1. The van der Waals surface area contributed by atoms with Gasteiger partial charge < -0.3 is 10.2 Å². The molecule has 1 aliphatic carbocycles. The van der Waals surface area contributed by atoms with E-state index in [4.69, 9.17) is 4.84 Å². The van der Waals surface area contributed by atoms with Crippen molar-refractivity contribution in [3.8, 4) is 0 Å². The van der Waals surface area contributed by atoms with Gasteiger partial charge >= 0.3 is 0 Å². The predicted octanol–water partition coefficient (Wildman–Crippen LogP) is 2.70. The molecule has 1 saturated heterocycles. The van der Waals surface area contributed by atoms with Crippen LogP contribution in [0.3, 0.4) is 0 Å². The maximum absolute atomic E-state index is 12.6. The van der Waals surface area contributed by atoms with Crippen LogP contribution in [0.15, 0.2) is 24.3 Å². The molecule has 1 aromatic carbocycles. The summed E-state index contributed by atoms with van der Waals surface area (Å²) in [5, 5.41) is 5.26. The molecule has 0 bridgehead atoms. The highest BCUT2D eigenvalue weighted by atomic mass is 16.7. The van der Waals surface area contributed by atoms with Gasteiger partial charge in [0.15, 0.2) is 0 Å². The first-order valence-corrected chi connectivity index (χ1v) is 8.36.